The fourth-order valence-corrected chi connectivity index (χ4v) is 4.40. The van der Waals surface area contributed by atoms with E-state index in [4.69, 9.17) is 4.74 Å². The van der Waals surface area contributed by atoms with Crippen LogP contribution in [0.5, 0.6) is 5.75 Å². The maximum Gasteiger partial charge on any atom is 0.418 e. The number of allylic oxidation sites excluding steroid dienone is 1. The number of aliphatic hydroxyl groups is 1. The molecule has 0 bridgehead atoms. The Balaban J connectivity index is 0.00000223. The van der Waals surface area contributed by atoms with Gasteiger partial charge in [0, 0.05) is 35.0 Å². The first-order valence-corrected chi connectivity index (χ1v) is 12.1. The largest absolute Gasteiger partial charge is 0.493 e. The van der Waals surface area contributed by atoms with Crippen LogP contribution < -0.4 is 10.1 Å². The van der Waals surface area contributed by atoms with Gasteiger partial charge in [-0.2, -0.15) is 13.2 Å². The minimum atomic E-state index is -4.94. The summed E-state index contributed by atoms with van der Waals surface area (Å²) in [4.78, 5) is 4.27. The van der Waals surface area contributed by atoms with Crippen LogP contribution in [0.15, 0.2) is 41.4 Å². The van der Waals surface area contributed by atoms with E-state index in [2.05, 4.69) is 10.3 Å². The van der Waals surface area contributed by atoms with Crippen molar-refractivity contribution in [2.75, 3.05) is 18.5 Å². The number of hydrogen-bond acceptors (Lipinski definition) is 4. The summed E-state index contributed by atoms with van der Waals surface area (Å²) in [6.07, 6.45) is -0.0325. The molecule has 0 saturated carbocycles. The van der Waals surface area contributed by atoms with Gasteiger partial charge in [0.15, 0.2) is 5.60 Å². The molecule has 0 spiro atoms. The topological polar surface area (TPSA) is 53.9 Å². The van der Waals surface area contributed by atoms with Crippen molar-refractivity contribution in [1.29, 1.82) is 0 Å². The Morgan fingerprint density at radius 3 is 2.41 bits per heavy atom. The number of benzene rings is 2. The Labute approximate surface area is 218 Å². The van der Waals surface area contributed by atoms with Gasteiger partial charge in [-0.25, -0.2) is 4.39 Å². The van der Waals surface area contributed by atoms with E-state index in [9.17, 15) is 22.7 Å². The molecule has 0 amide bonds. The van der Waals surface area contributed by atoms with Gasteiger partial charge in [0.2, 0.25) is 0 Å². The molecule has 0 fully saturated rings. The molecule has 0 aromatic heterocycles. The van der Waals surface area contributed by atoms with Crippen LogP contribution in [0, 0.1) is 5.82 Å². The Kier molecular flexibility index (Phi) is 11.4. The lowest BCUT2D eigenvalue weighted by molar-refractivity contribution is -0.260. The predicted octanol–water partition coefficient (Wildman–Crippen LogP) is 8.25. The zero-order valence-electron chi connectivity index (χ0n) is 21.8. The normalized spacial score (nSPS) is 14.9. The number of nitrogens with one attached hydrogen (secondary N) is 1. The minimum absolute atomic E-state index is 0. The molecule has 0 aliphatic carbocycles. The van der Waals surface area contributed by atoms with Crippen molar-refractivity contribution in [2.24, 2.45) is 4.99 Å². The van der Waals surface area contributed by atoms with Gasteiger partial charge in [-0.15, -0.1) is 0 Å². The van der Waals surface area contributed by atoms with Gasteiger partial charge in [-0.1, -0.05) is 53.3 Å². The third-order valence-electron chi connectivity index (χ3n) is 6.00. The summed E-state index contributed by atoms with van der Waals surface area (Å²) >= 11 is 0. The average Bonchev–Trinajstić information content (AvgIpc) is 3.27. The molecule has 2 N–H and O–H groups in total. The highest BCUT2D eigenvalue weighted by Gasteiger charge is 2.56. The number of fused-ring (bicyclic) bond motifs is 1. The molecule has 2 aromatic carbocycles. The van der Waals surface area contributed by atoms with Crippen LogP contribution in [-0.4, -0.2) is 36.3 Å². The third kappa shape index (κ3) is 7.34. The summed E-state index contributed by atoms with van der Waals surface area (Å²) in [5.74, 6) is -0.130. The summed E-state index contributed by atoms with van der Waals surface area (Å²) in [6, 6.07) is 7.61. The number of aliphatic imine (C=N–C) groups is 1. The van der Waals surface area contributed by atoms with Gasteiger partial charge in [0.05, 0.1) is 18.8 Å². The Morgan fingerprint density at radius 2 is 1.81 bits per heavy atom. The Bertz CT molecular complexity index is 1090. The van der Waals surface area contributed by atoms with E-state index in [1.54, 1.807) is 64.3 Å². The second-order valence-electron chi connectivity index (χ2n) is 9.11. The Morgan fingerprint density at radius 1 is 1.14 bits per heavy atom. The fourth-order valence-electron chi connectivity index (χ4n) is 4.40. The maximum absolute atomic E-state index is 14.2. The maximum atomic E-state index is 14.2. The molecule has 1 atom stereocenters. The lowest BCUT2D eigenvalue weighted by atomic mass is 9.74. The number of ether oxygens (including phenoxy) is 1. The monoisotopic (exact) mass is 524 g/mol. The predicted molar refractivity (Wildman–Crippen MR) is 146 cm³/mol. The van der Waals surface area contributed by atoms with Gasteiger partial charge < -0.3 is 15.2 Å². The van der Waals surface area contributed by atoms with Crippen LogP contribution in [-0.2, 0) is 11.8 Å². The molecule has 3 rings (SSSR count). The second-order valence-corrected chi connectivity index (χ2v) is 9.11. The van der Waals surface area contributed by atoms with Crippen LogP contribution in [0.2, 0.25) is 0 Å². The zero-order valence-corrected chi connectivity index (χ0v) is 21.8. The van der Waals surface area contributed by atoms with Crippen LogP contribution in [0.25, 0.3) is 6.08 Å². The summed E-state index contributed by atoms with van der Waals surface area (Å²) in [5.41, 5.74) is -1.76. The average molecular weight is 525 g/mol. The highest BCUT2D eigenvalue weighted by atomic mass is 19.4. The van der Waals surface area contributed by atoms with Crippen LogP contribution in [0.3, 0.4) is 0 Å². The first-order chi connectivity index (χ1) is 16.9. The van der Waals surface area contributed by atoms with Crippen molar-refractivity contribution in [2.45, 2.75) is 79.0 Å². The third-order valence-corrected chi connectivity index (χ3v) is 6.00. The van der Waals surface area contributed by atoms with Gasteiger partial charge in [0.1, 0.15) is 11.6 Å². The minimum Gasteiger partial charge on any atom is -0.493 e. The molecule has 1 aliphatic heterocycles. The summed E-state index contributed by atoms with van der Waals surface area (Å²) < 4.78 is 62.5. The second kappa shape index (κ2) is 13.1. The first-order valence-electron chi connectivity index (χ1n) is 12.1. The summed E-state index contributed by atoms with van der Waals surface area (Å²) in [6.45, 7) is 10.2. The molecule has 0 saturated heterocycles. The van der Waals surface area contributed by atoms with E-state index >= 15 is 0 Å². The number of halogens is 4. The first kappa shape index (κ1) is 32.2. The quantitative estimate of drug-likeness (QED) is 0.270. The van der Waals surface area contributed by atoms with Crippen molar-refractivity contribution in [3.63, 3.8) is 0 Å². The number of rotatable bonds is 8. The van der Waals surface area contributed by atoms with E-state index < -0.39 is 36.0 Å². The van der Waals surface area contributed by atoms with Gasteiger partial charge in [-0.05, 0) is 49.9 Å². The highest BCUT2D eigenvalue weighted by Crippen LogP contribution is 2.46. The molecule has 4 nitrogen and oxygen atoms in total. The van der Waals surface area contributed by atoms with Gasteiger partial charge >= 0.3 is 6.18 Å². The van der Waals surface area contributed by atoms with E-state index in [1.807, 2.05) is 13.8 Å². The molecule has 37 heavy (non-hydrogen) atoms. The van der Waals surface area contributed by atoms with E-state index in [-0.39, 0.29) is 7.43 Å². The van der Waals surface area contributed by atoms with Gasteiger partial charge in [0.25, 0.3) is 0 Å². The van der Waals surface area contributed by atoms with Crippen LogP contribution in [0.1, 0.15) is 72.1 Å². The van der Waals surface area contributed by atoms with E-state index in [0.717, 1.165) is 0 Å². The number of hydrogen-bond donors (Lipinski definition) is 2. The molecule has 0 radical (unpaired) electrons. The molecule has 1 unspecified atom stereocenters. The zero-order chi connectivity index (χ0) is 27.1. The van der Waals surface area contributed by atoms with Gasteiger partial charge in [-0.3, -0.25) is 4.99 Å². The lowest BCUT2D eigenvalue weighted by Gasteiger charge is -2.38. The van der Waals surface area contributed by atoms with E-state index in [1.165, 1.54) is 12.1 Å². The van der Waals surface area contributed by atoms with Crippen molar-refractivity contribution >= 4 is 23.7 Å². The molecular formula is C29H40F4N2O2. The SMILES string of the molecule is C.CC.CC=Nc1cccc(NCC(O)(CC(C)(C)c2cc(F)cc3c2OCC3)C(F)(F)F)c1/C=C\C. The standard InChI is InChI=1S/C26H30F4N2O2.C2H6.CH4/c1-5-8-19-21(31-6-2)9-7-10-22(19)32-16-25(33,26(28,29)30)15-24(3,4)20-14-18(27)13-17-11-12-34-23(17)20;1-2;/h5-10,13-14,32-33H,11-12,15-16H2,1-4H3;1-2H3;1H4/b8-5-,31-6?;;. The summed E-state index contributed by atoms with van der Waals surface area (Å²) in [7, 11) is 0. The highest BCUT2D eigenvalue weighted by molar-refractivity contribution is 5.78. The van der Waals surface area contributed by atoms with Crippen molar-refractivity contribution in [1.82, 2.24) is 0 Å². The molecule has 206 valence electrons. The smallest absolute Gasteiger partial charge is 0.418 e. The fraction of sp³-hybridized carbons (Fsp3) is 0.483. The number of nitrogens with zero attached hydrogens (tertiary/aromatic N) is 1. The molecule has 1 heterocycles. The van der Waals surface area contributed by atoms with E-state index in [0.29, 0.717) is 46.8 Å². The van der Waals surface area contributed by atoms with Crippen LogP contribution >= 0.6 is 0 Å². The summed E-state index contributed by atoms with van der Waals surface area (Å²) in [5, 5.41) is 13.7. The lowest BCUT2D eigenvalue weighted by Crippen LogP contribution is -2.53. The van der Waals surface area contributed by atoms with Crippen molar-refractivity contribution in [3.8, 4) is 5.75 Å². The number of alkyl halides is 3. The molecule has 8 heteroatoms. The molecule has 1 aliphatic rings. The molecule has 2 aromatic rings. The van der Waals surface area contributed by atoms with Crippen LogP contribution in [0.4, 0.5) is 28.9 Å². The van der Waals surface area contributed by atoms with Crippen molar-refractivity contribution < 1.29 is 27.4 Å². The molecular weight excluding hydrogens is 484 g/mol. The number of anilines is 1. The van der Waals surface area contributed by atoms with Crippen molar-refractivity contribution in [3.05, 3.63) is 58.9 Å². The Hall–Kier alpha value is -2.87.